The molecule has 0 atom stereocenters. The molecular weight excluding hydrogens is 378 g/mol. The van der Waals surface area contributed by atoms with E-state index in [0.29, 0.717) is 5.92 Å². The number of hydrogen-bond donors (Lipinski definition) is 0. The van der Waals surface area contributed by atoms with Crippen LogP contribution >= 0.6 is 0 Å². The molecule has 6 aromatic rings. The fourth-order valence-corrected chi connectivity index (χ4v) is 4.95. The first kappa shape index (κ1) is 18.1. The maximum absolute atomic E-state index is 4.79. The third-order valence-electron chi connectivity index (χ3n) is 6.45. The van der Waals surface area contributed by atoms with Gasteiger partial charge in [0.1, 0.15) is 11.8 Å². The first-order valence-corrected chi connectivity index (χ1v) is 10.8. The SMILES string of the molecule is CC(C)c1cc(-c2ncnc3c4c5ccccc5ccc4n(C)c23)cc2ccccc12. The summed E-state index contributed by atoms with van der Waals surface area (Å²) in [5.41, 5.74) is 6.76. The predicted octanol–water partition coefficient (Wildman–Crippen LogP) is 7.22. The van der Waals surface area contributed by atoms with Gasteiger partial charge in [-0.1, -0.05) is 68.4 Å². The summed E-state index contributed by atoms with van der Waals surface area (Å²) in [6.07, 6.45) is 1.71. The number of benzene rings is 4. The van der Waals surface area contributed by atoms with Crippen LogP contribution in [0.2, 0.25) is 0 Å². The van der Waals surface area contributed by atoms with Crippen molar-refractivity contribution < 1.29 is 0 Å². The van der Waals surface area contributed by atoms with Crippen molar-refractivity contribution in [2.45, 2.75) is 19.8 Å². The predicted molar refractivity (Wildman–Crippen MR) is 131 cm³/mol. The number of aryl methyl sites for hydroxylation is 1. The molecule has 2 heterocycles. The van der Waals surface area contributed by atoms with Crippen molar-refractivity contribution in [1.82, 2.24) is 14.5 Å². The first-order valence-electron chi connectivity index (χ1n) is 10.8. The molecule has 4 aromatic carbocycles. The Kier molecular flexibility index (Phi) is 3.87. The van der Waals surface area contributed by atoms with Crippen molar-refractivity contribution in [2.24, 2.45) is 7.05 Å². The van der Waals surface area contributed by atoms with Gasteiger partial charge in [0.15, 0.2) is 0 Å². The lowest BCUT2D eigenvalue weighted by molar-refractivity contribution is 0.876. The fraction of sp³-hybridized carbons (Fsp3) is 0.143. The lowest BCUT2D eigenvalue weighted by atomic mass is 9.92. The van der Waals surface area contributed by atoms with Crippen molar-refractivity contribution >= 4 is 43.5 Å². The zero-order chi connectivity index (χ0) is 21.1. The number of aromatic nitrogens is 3. The summed E-state index contributed by atoms with van der Waals surface area (Å²) in [5.74, 6) is 0.429. The van der Waals surface area contributed by atoms with Gasteiger partial charge in [0.2, 0.25) is 0 Å². The summed E-state index contributed by atoms with van der Waals surface area (Å²) in [6, 6.07) is 26.1. The second kappa shape index (κ2) is 6.64. The van der Waals surface area contributed by atoms with Crippen molar-refractivity contribution in [3.05, 3.63) is 84.7 Å². The average Bonchev–Trinajstić information content (AvgIpc) is 3.11. The minimum absolute atomic E-state index is 0.429. The van der Waals surface area contributed by atoms with Crippen molar-refractivity contribution in [3.63, 3.8) is 0 Å². The van der Waals surface area contributed by atoms with Gasteiger partial charge < -0.3 is 4.57 Å². The van der Waals surface area contributed by atoms with Crippen LogP contribution in [0.25, 0.3) is 54.7 Å². The molecule has 31 heavy (non-hydrogen) atoms. The summed E-state index contributed by atoms with van der Waals surface area (Å²) < 4.78 is 2.25. The number of nitrogens with zero attached hydrogens (tertiary/aromatic N) is 3. The van der Waals surface area contributed by atoms with Gasteiger partial charge in [-0.2, -0.15) is 0 Å². The molecule has 150 valence electrons. The van der Waals surface area contributed by atoms with Gasteiger partial charge in [0.05, 0.1) is 16.7 Å². The normalized spacial score (nSPS) is 12.0. The maximum Gasteiger partial charge on any atom is 0.116 e. The van der Waals surface area contributed by atoms with E-state index in [2.05, 4.69) is 98.3 Å². The Morgan fingerprint density at radius 2 is 1.52 bits per heavy atom. The van der Waals surface area contributed by atoms with Crippen molar-refractivity contribution in [3.8, 4) is 11.3 Å². The Morgan fingerprint density at radius 3 is 2.32 bits per heavy atom. The smallest absolute Gasteiger partial charge is 0.116 e. The molecule has 0 saturated carbocycles. The second-order valence-corrected chi connectivity index (χ2v) is 8.60. The largest absolute Gasteiger partial charge is 0.340 e. The molecule has 0 radical (unpaired) electrons. The Balaban J connectivity index is 1.75. The maximum atomic E-state index is 4.79. The third-order valence-corrected chi connectivity index (χ3v) is 6.45. The molecule has 0 amide bonds. The summed E-state index contributed by atoms with van der Waals surface area (Å²) in [6.45, 7) is 4.51. The zero-order valence-electron chi connectivity index (χ0n) is 17.9. The lowest BCUT2D eigenvalue weighted by Crippen LogP contribution is -1.96. The van der Waals surface area contributed by atoms with Gasteiger partial charge >= 0.3 is 0 Å². The molecule has 0 unspecified atom stereocenters. The van der Waals surface area contributed by atoms with Crippen LogP contribution in [-0.4, -0.2) is 14.5 Å². The van der Waals surface area contributed by atoms with Gasteiger partial charge in [-0.3, -0.25) is 0 Å². The van der Waals surface area contributed by atoms with Crippen LogP contribution < -0.4 is 0 Å². The average molecular weight is 402 g/mol. The molecule has 6 rings (SSSR count). The Labute approximate surface area is 181 Å². The Morgan fingerprint density at radius 1 is 0.774 bits per heavy atom. The first-order chi connectivity index (χ1) is 15.1. The van der Waals surface area contributed by atoms with Crippen molar-refractivity contribution in [1.29, 1.82) is 0 Å². The monoisotopic (exact) mass is 401 g/mol. The van der Waals surface area contributed by atoms with E-state index in [1.165, 1.54) is 38.0 Å². The third kappa shape index (κ3) is 2.59. The molecule has 0 saturated heterocycles. The topological polar surface area (TPSA) is 30.7 Å². The van der Waals surface area contributed by atoms with Gasteiger partial charge in [-0.15, -0.1) is 0 Å². The van der Waals surface area contributed by atoms with E-state index in [4.69, 9.17) is 9.97 Å². The van der Waals surface area contributed by atoms with E-state index < -0.39 is 0 Å². The molecule has 0 aliphatic rings. The van der Waals surface area contributed by atoms with E-state index in [9.17, 15) is 0 Å². The molecular formula is C28H23N3. The van der Waals surface area contributed by atoms with Crippen LogP contribution in [0.1, 0.15) is 25.3 Å². The quantitative estimate of drug-likeness (QED) is 0.307. The van der Waals surface area contributed by atoms with Crippen LogP contribution in [0.5, 0.6) is 0 Å². The van der Waals surface area contributed by atoms with Crippen LogP contribution in [-0.2, 0) is 7.05 Å². The zero-order valence-corrected chi connectivity index (χ0v) is 17.9. The molecule has 0 aliphatic carbocycles. The summed E-state index contributed by atoms with van der Waals surface area (Å²) >= 11 is 0. The second-order valence-electron chi connectivity index (χ2n) is 8.60. The van der Waals surface area contributed by atoms with Gasteiger partial charge in [0.25, 0.3) is 0 Å². The minimum atomic E-state index is 0.429. The Hall–Kier alpha value is -3.72. The van der Waals surface area contributed by atoms with E-state index in [1.54, 1.807) is 6.33 Å². The van der Waals surface area contributed by atoms with E-state index in [0.717, 1.165) is 22.3 Å². The summed E-state index contributed by atoms with van der Waals surface area (Å²) in [5, 5.41) is 6.23. The van der Waals surface area contributed by atoms with Gasteiger partial charge in [0, 0.05) is 18.0 Å². The highest BCUT2D eigenvalue weighted by Gasteiger charge is 2.18. The van der Waals surface area contributed by atoms with Gasteiger partial charge in [-0.05, 0) is 51.2 Å². The molecule has 3 heteroatoms. The highest BCUT2D eigenvalue weighted by atomic mass is 15.0. The number of hydrogen-bond acceptors (Lipinski definition) is 2. The lowest BCUT2D eigenvalue weighted by Gasteiger charge is -2.14. The van der Waals surface area contributed by atoms with E-state index in [1.807, 2.05) is 0 Å². The van der Waals surface area contributed by atoms with Crippen LogP contribution in [0.3, 0.4) is 0 Å². The highest BCUT2D eigenvalue weighted by molar-refractivity contribution is 6.21. The van der Waals surface area contributed by atoms with E-state index in [-0.39, 0.29) is 0 Å². The van der Waals surface area contributed by atoms with Gasteiger partial charge in [-0.25, -0.2) is 9.97 Å². The number of rotatable bonds is 2. The van der Waals surface area contributed by atoms with E-state index >= 15 is 0 Å². The molecule has 3 nitrogen and oxygen atoms in total. The molecule has 0 N–H and O–H groups in total. The summed E-state index contributed by atoms with van der Waals surface area (Å²) in [4.78, 5) is 9.54. The van der Waals surface area contributed by atoms with Crippen molar-refractivity contribution in [2.75, 3.05) is 0 Å². The fourth-order valence-electron chi connectivity index (χ4n) is 4.95. The molecule has 0 aliphatic heterocycles. The van der Waals surface area contributed by atoms with Crippen LogP contribution in [0.15, 0.2) is 79.1 Å². The standard InChI is InChI=1S/C28H23N3/c1-17(2)23-15-20(14-19-9-5-6-10-21(19)23)26-28-27(30-16-29-26)25-22-11-7-4-8-18(22)12-13-24(25)31(28)3/h4-17H,1-3H3. The molecule has 0 spiro atoms. The highest BCUT2D eigenvalue weighted by Crippen LogP contribution is 2.38. The summed E-state index contributed by atoms with van der Waals surface area (Å²) in [7, 11) is 2.12. The molecule has 0 bridgehead atoms. The molecule has 0 fully saturated rings. The molecule has 2 aromatic heterocycles. The Bertz CT molecular complexity index is 1620. The minimum Gasteiger partial charge on any atom is -0.340 e. The van der Waals surface area contributed by atoms with Crippen LogP contribution in [0, 0.1) is 0 Å². The van der Waals surface area contributed by atoms with Crippen LogP contribution in [0.4, 0.5) is 0 Å². The number of fused-ring (bicyclic) bond motifs is 6.